The number of carbonyl (C=O) groups excluding carboxylic acids is 1. The Morgan fingerprint density at radius 2 is 1.65 bits per heavy atom. The van der Waals surface area contributed by atoms with Gasteiger partial charge in [0, 0.05) is 10.6 Å². The van der Waals surface area contributed by atoms with E-state index in [9.17, 15) is 13.2 Å². The smallest absolute Gasteiger partial charge is 0.283 e. The lowest BCUT2D eigenvalue weighted by molar-refractivity contribution is -0.111. The number of halogens is 1. The summed E-state index contributed by atoms with van der Waals surface area (Å²) in [6, 6.07) is 5.74. The van der Waals surface area contributed by atoms with Crippen LogP contribution < -0.4 is 0 Å². The standard InChI is InChI=1S/C16H15ClN2O3S/c1-10-11(2)16(20)9-8-15(10)18-12(3)19-23(21,22)14-6-4-13(17)5-7-14/h4-9H,1-3H3/b18-15?,19-12-. The Morgan fingerprint density at radius 3 is 2.26 bits per heavy atom. The first kappa shape index (κ1) is 17.3. The summed E-state index contributed by atoms with van der Waals surface area (Å²) < 4.78 is 28.1. The van der Waals surface area contributed by atoms with Gasteiger partial charge in [0.25, 0.3) is 10.0 Å². The first-order valence-electron chi connectivity index (χ1n) is 6.77. The Kier molecular flexibility index (Phi) is 4.97. The van der Waals surface area contributed by atoms with Crippen molar-refractivity contribution in [1.29, 1.82) is 0 Å². The highest BCUT2D eigenvalue weighted by atomic mass is 35.5. The normalized spacial score (nSPS) is 18.0. The molecule has 0 N–H and O–H groups in total. The molecule has 120 valence electrons. The lowest BCUT2D eigenvalue weighted by atomic mass is 9.97. The molecule has 0 aliphatic heterocycles. The Bertz CT molecular complexity index is 876. The van der Waals surface area contributed by atoms with Crippen LogP contribution in [0.15, 0.2) is 61.8 Å². The van der Waals surface area contributed by atoms with Gasteiger partial charge in [-0.25, -0.2) is 4.99 Å². The van der Waals surface area contributed by atoms with E-state index in [1.165, 1.54) is 37.3 Å². The molecular formula is C16H15ClN2O3S. The average molecular weight is 351 g/mol. The number of nitrogens with zero attached hydrogens (tertiary/aromatic N) is 2. The van der Waals surface area contributed by atoms with Gasteiger partial charge in [-0.05, 0) is 62.8 Å². The van der Waals surface area contributed by atoms with Gasteiger partial charge in [-0.1, -0.05) is 11.6 Å². The third kappa shape index (κ3) is 4.03. The highest BCUT2D eigenvalue weighted by Gasteiger charge is 2.16. The maximum absolute atomic E-state index is 12.2. The molecule has 1 aromatic rings. The molecule has 0 atom stereocenters. The minimum absolute atomic E-state index is 0.0410. The molecule has 7 heteroatoms. The van der Waals surface area contributed by atoms with E-state index in [1.807, 2.05) is 0 Å². The monoisotopic (exact) mass is 350 g/mol. The van der Waals surface area contributed by atoms with Gasteiger partial charge in [-0.15, -0.1) is 4.40 Å². The summed E-state index contributed by atoms with van der Waals surface area (Å²) >= 11 is 5.75. The minimum Gasteiger partial charge on any atom is -0.290 e. The topological polar surface area (TPSA) is 75.9 Å². The van der Waals surface area contributed by atoms with Gasteiger partial charge in [0.1, 0.15) is 5.84 Å². The van der Waals surface area contributed by atoms with E-state index in [0.717, 1.165) is 0 Å². The van der Waals surface area contributed by atoms with Crippen LogP contribution in [-0.2, 0) is 14.8 Å². The maximum atomic E-state index is 12.2. The van der Waals surface area contributed by atoms with Crippen LogP contribution in [-0.4, -0.2) is 25.7 Å². The van der Waals surface area contributed by atoms with Gasteiger partial charge >= 0.3 is 0 Å². The van der Waals surface area contributed by atoms with Crippen LogP contribution >= 0.6 is 11.6 Å². The summed E-state index contributed by atoms with van der Waals surface area (Å²) in [5.74, 6) is 0.00549. The van der Waals surface area contributed by atoms with Crippen LogP contribution in [0.25, 0.3) is 0 Å². The Hall–Kier alpha value is -2.05. The van der Waals surface area contributed by atoms with Crippen molar-refractivity contribution in [2.75, 3.05) is 0 Å². The molecular weight excluding hydrogens is 336 g/mol. The lowest BCUT2D eigenvalue weighted by Crippen LogP contribution is -2.12. The Morgan fingerprint density at radius 1 is 1.04 bits per heavy atom. The molecule has 0 saturated carbocycles. The van der Waals surface area contributed by atoms with Gasteiger partial charge in [0.15, 0.2) is 5.78 Å². The van der Waals surface area contributed by atoms with Gasteiger partial charge in [-0.3, -0.25) is 4.79 Å². The molecule has 0 aromatic heterocycles. The summed E-state index contributed by atoms with van der Waals surface area (Å²) in [6.45, 7) is 4.96. The number of benzene rings is 1. The van der Waals surface area contributed by atoms with Gasteiger partial charge < -0.3 is 0 Å². The minimum atomic E-state index is -3.85. The molecule has 1 aliphatic carbocycles. The molecule has 23 heavy (non-hydrogen) atoms. The SMILES string of the molecule is CC1=C(C)C(=N/C(C)=N\S(=O)(=O)c2ccc(Cl)cc2)C=CC1=O. The van der Waals surface area contributed by atoms with Crippen LogP contribution in [0, 0.1) is 0 Å². The first-order valence-corrected chi connectivity index (χ1v) is 8.58. The quantitative estimate of drug-likeness (QED) is 0.466. The second kappa shape index (κ2) is 6.60. The Balaban J connectivity index is 2.37. The lowest BCUT2D eigenvalue weighted by Gasteiger charge is -2.10. The van der Waals surface area contributed by atoms with E-state index < -0.39 is 10.0 Å². The van der Waals surface area contributed by atoms with Crippen LogP contribution in [0.1, 0.15) is 20.8 Å². The van der Waals surface area contributed by atoms with Gasteiger partial charge in [0.05, 0.1) is 10.6 Å². The second-order valence-corrected chi connectivity index (χ2v) is 7.05. The van der Waals surface area contributed by atoms with E-state index >= 15 is 0 Å². The highest BCUT2D eigenvalue weighted by molar-refractivity contribution is 7.90. The fourth-order valence-corrected chi connectivity index (χ4v) is 3.03. The summed E-state index contributed by atoms with van der Waals surface area (Å²) in [4.78, 5) is 15.8. The maximum Gasteiger partial charge on any atom is 0.283 e. The molecule has 1 aliphatic rings. The second-order valence-electron chi connectivity index (χ2n) is 5.01. The van der Waals surface area contributed by atoms with E-state index in [4.69, 9.17) is 11.6 Å². The van der Waals surface area contributed by atoms with Crippen molar-refractivity contribution in [2.24, 2.45) is 9.39 Å². The van der Waals surface area contributed by atoms with Crippen molar-refractivity contribution >= 4 is 39.0 Å². The van der Waals surface area contributed by atoms with Gasteiger partial charge in [0.2, 0.25) is 0 Å². The fraction of sp³-hybridized carbons (Fsp3) is 0.188. The largest absolute Gasteiger partial charge is 0.290 e. The number of ketones is 1. The van der Waals surface area contributed by atoms with Crippen molar-refractivity contribution in [3.63, 3.8) is 0 Å². The zero-order valence-electron chi connectivity index (χ0n) is 12.9. The molecule has 0 radical (unpaired) electrons. The van der Waals surface area contributed by atoms with Crippen molar-refractivity contribution in [3.05, 3.63) is 52.6 Å². The van der Waals surface area contributed by atoms with Crippen LogP contribution in [0.2, 0.25) is 5.02 Å². The number of aliphatic imine (C=N–C) groups is 1. The van der Waals surface area contributed by atoms with Crippen molar-refractivity contribution in [2.45, 2.75) is 25.7 Å². The number of rotatable bonds is 2. The van der Waals surface area contributed by atoms with E-state index in [1.54, 1.807) is 19.9 Å². The number of amidine groups is 1. The molecule has 0 unspecified atom stereocenters. The fourth-order valence-electron chi connectivity index (χ4n) is 1.93. The molecule has 0 saturated heterocycles. The van der Waals surface area contributed by atoms with Crippen molar-refractivity contribution in [3.8, 4) is 0 Å². The summed E-state index contributed by atoms with van der Waals surface area (Å²) in [5.41, 5.74) is 1.81. The summed E-state index contributed by atoms with van der Waals surface area (Å²) in [6.07, 6.45) is 2.96. The predicted octanol–water partition coefficient (Wildman–Crippen LogP) is 3.36. The number of hydrogen-bond donors (Lipinski definition) is 0. The zero-order valence-corrected chi connectivity index (χ0v) is 14.4. The molecule has 0 spiro atoms. The molecule has 0 heterocycles. The molecule has 0 fully saturated rings. The molecule has 5 nitrogen and oxygen atoms in total. The first-order chi connectivity index (χ1) is 10.7. The van der Waals surface area contributed by atoms with Crippen molar-refractivity contribution in [1.82, 2.24) is 0 Å². The van der Waals surface area contributed by atoms with Crippen LogP contribution in [0.3, 0.4) is 0 Å². The van der Waals surface area contributed by atoms with Crippen LogP contribution in [0.4, 0.5) is 0 Å². The van der Waals surface area contributed by atoms with E-state index in [2.05, 4.69) is 9.39 Å². The molecule has 1 aromatic carbocycles. The predicted molar refractivity (Wildman–Crippen MR) is 91.7 cm³/mol. The van der Waals surface area contributed by atoms with Gasteiger partial charge in [-0.2, -0.15) is 8.42 Å². The number of carbonyl (C=O) groups is 1. The Labute approximate surface area is 140 Å². The highest BCUT2D eigenvalue weighted by Crippen LogP contribution is 2.17. The molecule has 0 amide bonds. The molecule has 2 rings (SSSR count). The third-order valence-corrected chi connectivity index (χ3v) is 4.98. The van der Waals surface area contributed by atoms with Crippen molar-refractivity contribution < 1.29 is 13.2 Å². The van der Waals surface area contributed by atoms with Crippen LogP contribution in [0.5, 0.6) is 0 Å². The van der Waals surface area contributed by atoms with E-state index in [-0.39, 0.29) is 16.5 Å². The average Bonchev–Trinajstić information content (AvgIpc) is 2.48. The number of allylic oxidation sites excluding steroid dienone is 4. The van der Waals surface area contributed by atoms with E-state index in [0.29, 0.717) is 21.9 Å². The number of sulfonamides is 1. The third-order valence-electron chi connectivity index (χ3n) is 3.35. The summed E-state index contributed by atoms with van der Waals surface area (Å²) in [7, 11) is -3.85. The summed E-state index contributed by atoms with van der Waals surface area (Å²) in [5, 5.41) is 0.443. The molecule has 0 bridgehead atoms. The number of hydrogen-bond acceptors (Lipinski definition) is 3. The zero-order chi connectivity index (χ0) is 17.2.